The van der Waals surface area contributed by atoms with E-state index >= 15 is 0 Å². The van der Waals surface area contributed by atoms with E-state index in [1.807, 2.05) is 0 Å². The Kier molecular flexibility index (Phi) is 2.87. The maximum absolute atomic E-state index is 12.8. The number of ether oxygens (including phenoxy) is 1. The van der Waals surface area contributed by atoms with Crippen molar-refractivity contribution in [3.05, 3.63) is 23.0 Å². The number of anilines is 1. The molecule has 0 heterocycles. The van der Waals surface area contributed by atoms with E-state index in [0.717, 1.165) is 12.1 Å². The van der Waals surface area contributed by atoms with Gasteiger partial charge in [0.1, 0.15) is 0 Å². The van der Waals surface area contributed by atoms with Crippen LogP contribution in [0.1, 0.15) is 0 Å². The van der Waals surface area contributed by atoms with Crippen LogP contribution < -0.4 is 10.5 Å². The van der Waals surface area contributed by atoms with Gasteiger partial charge in [-0.05, 0) is 6.07 Å². The Morgan fingerprint density at radius 1 is 1.38 bits per heavy atom. The quantitative estimate of drug-likeness (QED) is 0.764. The van der Waals surface area contributed by atoms with Crippen LogP contribution in [0, 0.1) is 5.82 Å². The molecule has 0 saturated carbocycles. The van der Waals surface area contributed by atoms with Crippen molar-refractivity contribution in [2.75, 3.05) is 5.73 Å². The number of halogens is 4. The summed E-state index contributed by atoms with van der Waals surface area (Å²) in [6.07, 6.45) is 0. The van der Waals surface area contributed by atoms with Gasteiger partial charge in [-0.1, -0.05) is 11.6 Å². The minimum atomic E-state index is -3.12. The van der Waals surface area contributed by atoms with Gasteiger partial charge in [-0.25, -0.2) is 4.39 Å². The van der Waals surface area contributed by atoms with Gasteiger partial charge in [0.05, 0.1) is 5.02 Å². The summed E-state index contributed by atoms with van der Waals surface area (Å²) in [4.78, 5) is 0. The molecule has 6 heteroatoms. The first kappa shape index (κ1) is 9.98. The zero-order valence-electron chi connectivity index (χ0n) is 6.23. The lowest BCUT2D eigenvalue weighted by molar-refractivity contribution is -0.0521. The normalized spacial score (nSPS) is 10.5. The Hall–Kier alpha value is -1.10. The monoisotopic (exact) mass is 211 g/mol. The molecule has 1 rings (SSSR count). The molecular formula is C7H5ClF3NO. The standard InChI is InChI=1S/C7H5ClF3NO/c8-4-1-3(12)2-5(9)6(4)13-7(10)11/h1-2,7H,12H2. The summed E-state index contributed by atoms with van der Waals surface area (Å²) in [6.45, 7) is -3.12. The lowest BCUT2D eigenvalue weighted by Crippen LogP contribution is -2.04. The topological polar surface area (TPSA) is 35.2 Å². The van der Waals surface area contributed by atoms with Crippen molar-refractivity contribution in [3.8, 4) is 5.75 Å². The summed E-state index contributed by atoms with van der Waals surface area (Å²) in [7, 11) is 0. The van der Waals surface area contributed by atoms with E-state index in [0.29, 0.717) is 0 Å². The van der Waals surface area contributed by atoms with Gasteiger partial charge in [0.2, 0.25) is 0 Å². The summed E-state index contributed by atoms with van der Waals surface area (Å²) in [5, 5.41) is -0.280. The third-order valence-electron chi connectivity index (χ3n) is 1.23. The molecule has 0 aliphatic carbocycles. The maximum atomic E-state index is 12.8. The second kappa shape index (κ2) is 3.74. The van der Waals surface area contributed by atoms with Gasteiger partial charge < -0.3 is 10.5 Å². The molecule has 2 nitrogen and oxygen atoms in total. The van der Waals surface area contributed by atoms with E-state index in [1.54, 1.807) is 0 Å². The number of hydrogen-bond donors (Lipinski definition) is 1. The second-order valence-electron chi connectivity index (χ2n) is 2.19. The molecule has 0 aliphatic rings. The third-order valence-corrected chi connectivity index (χ3v) is 1.51. The highest BCUT2D eigenvalue weighted by molar-refractivity contribution is 6.32. The molecule has 0 unspecified atom stereocenters. The van der Waals surface area contributed by atoms with Gasteiger partial charge in [0.15, 0.2) is 11.6 Å². The van der Waals surface area contributed by atoms with E-state index in [4.69, 9.17) is 17.3 Å². The number of benzene rings is 1. The second-order valence-corrected chi connectivity index (χ2v) is 2.60. The van der Waals surface area contributed by atoms with Crippen LogP contribution in [0.4, 0.5) is 18.9 Å². The van der Waals surface area contributed by atoms with Crippen molar-refractivity contribution >= 4 is 17.3 Å². The van der Waals surface area contributed by atoms with Crippen molar-refractivity contribution < 1.29 is 17.9 Å². The predicted octanol–water partition coefficient (Wildman–Crippen LogP) is 2.66. The summed E-state index contributed by atoms with van der Waals surface area (Å²) >= 11 is 5.40. The number of rotatable bonds is 2. The first-order chi connectivity index (χ1) is 6.00. The zero-order valence-corrected chi connectivity index (χ0v) is 6.99. The lowest BCUT2D eigenvalue weighted by atomic mass is 10.3. The summed E-state index contributed by atoms with van der Waals surface area (Å²) in [5.41, 5.74) is 5.24. The molecule has 0 aromatic heterocycles. The fraction of sp³-hybridized carbons (Fsp3) is 0.143. The average molecular weight is 212 g/mol. The number of nitrogens with two attached hydrogens (primary N) is 1. The van der Waals surface area contributed by atoms with Gasteiger partial charge >= 0.3 is 6.61 Å². The minimum absolute atomic E-state index is 0.0455. The van der Waals surface area contributed by atoms with Crippen LogP contribution in [-0.2, 0) is 0 Å². The van der Waals surface area contributed by atoms with Crippen LogP contribution in [0.3, 0.4) is 0 Å². The van der Waals surface area contributed by atoms with Gasteiger partial charge in [-0.15, -0.1) is 0 Å². The van der Waals surface area contributed by atoms with Crippen molar-refractivity contribution in [1.82, 2.24) is 0 Å². The molecule has 0 aliphatic heterocycles. The maximum Gasteiger partial charge on any atom is 0.387 e. The van der Waals surface area contributed by atoms with Crippen LogP contribution in [0.2, 0.25) is 5.02 Å². The number of alkyl halides is 2. The molecule has 0 bridgehead atoms. The molecule has 0 radical (unpaired) electrons. The molecule has 72 valence electrons. The van der Waals surface area contributed by atoms with Crippen LogP contribution in [0.15, 0.2) is 12.1 Å². The van der Waals surface area contributed by atoms with E-state index < -0.39 is 18.2 Å². The lowest BCUT2D eigenvalue weighted by Gasteiger charge is -2.07. The Labute approximate surface area is 77.0 Å². The van der Waals surface area contributed by atoms with Crippen LogP contribution in [0.5, 0.6) is 5.75 Å². The number of hydrogen-bond acceptors (Lipinski definition) is 2. The fourth-order valence-electron chi connectivity index (χ4n) is 0.781. The summed E-state index contributed by atoms with van der Waals surface area (Å²) in [6, 6.07) is 1.98. The van der Waals surface area contributed by atoms with Gasteiger partial charge in [-0.2, -0.15) is 8.78 Å². The van der Waals surface area contributed by atoms with Crippen molar-refractivity contribution in [2.24, 2.45) is 0 Å². The molecule has 13 heavy (non-hydrogen) atoms. The van der Waals surface area contributed by atoms with Crippen LogP contribution in [0.25, 0.3) is 0 Å². The van der Waals surface area contributed by atoms with E-state index in [-0.39, 0.29) is 10.7 Å². The molecule has 0 spiro atoms. The molecule has 2 N–H and O–H groups in total. The Balaban J connectivity index is 3.06. The molecule has 0 amide bonds. The summed E-state index contributed by atoms with van der Waals surface area (Å²) < 4.78 is 40.1. The SMILES string of the molecule is Nc1cc(F)c(OC(F)F)c(Cl)c1. The largest absolute Gasteiger partial charge is 0.430 e. The van der Waals surface area contributed by atoms with Crippen LogP contribution >= 0.6 is 11.6 Å². The highest BCUT2D eigenvalue weighted by Crippen LogP contribution is 2.31. The van der Waals surface area contributed by atoms with Gasteiger partial charge in [0, 0.05) is 11.8 Å². The summed E-state index contributed by atoms with van der Waals surface area (Å²) in [5.74, 6) is -1.70. The Morgan fingerprint density at radius 3 is 2.46 bits per heavy atom. The molecule has 1 aromatic carbocycles. The molecule has 0 atom stereocenters. The fourth-order valence-corrected chi connectivity index (χ4v) is 1.04. The Bertz CT molecular complexity index is 296. The van der Waals surface area contributed by atoms with Gasteiger partial charge in [-0.3, -0.25) is 0 Å². The first-order valence-electron chi connectivity index (χ1n) is 3.20. The first-order valence-corrected chi connectivity index (χ1v) is 3.58. The zero-order chi connectivity index (χ0) is 10.0. The highest BCUT2D eigenvalue weighted by atomic mass is 35.5. The number of nitrogen functional groups attached to an aromatic ring is 1. The highest BCUT2D eigenvalue weighted by Gasteiger charge is 2.14. The third kappa shape index (κ3) is 2.42. The van der Waals surface area contributed by atoms with Crippen molar-refractivity contribution in [3.63, 3.8) is 0 Å². The Morgan fingerprint density at radius 2 is 2.00 bits per heavy atom. The minimum Gasteiger partial charge on any atom is -0.430 e. The van der Waals surface area contributed by atoms with Crippen molar-refractivity contribution in [2.45, 2.75) is 6.61 Å². The smallest absolute Gasteiger partial charge is 0.387 e. The molecule has 1 aromatic rings. The van der Waals surface area contributed by atoms with Crippen LogP contribution in [-0.4, -0.2) is 6.61 Å². The van der Waals surface area contributed by atoms with E-state index in [2.05, 4.69) is 4.74 Å². The molecule has 0 saturated heterocycles. The average Bonchev–Trinajstić information content (AvgIpc) is 1.96. The molecular weight excluding hydrogens is 207 g/mol. The van der Waals surface area contributed by atoms with Crippen molar-refractivity contribution in [1.29, 1.82) is 0 Å². The van der Waals surface area contributed by atoms with Gasteiger partial charge in [0.25, 0.3) is 0 Å². The molecule has 0 fully saturated rings. The predicted molar refractivity (Wildman–Crippen MR) is 42.5 cm³/mol. The van der Waals surface area contributed by atoms with E-state index in [1.165, 1.54) is 0 Å². The van der Waals surface area contributed by atoms with E-state index in [9.17, 15) is 13.2 Å².